The summed E-state index contributed by atoms with van der Waals surface area (Å²) in [6, 6.07) is 26.7. The fourth-order valence-corrected chi connectivity index (χ4v) is 3.23. The second-order valence-corrected chi connectivity index (χ2v) is 7.32. The van der Waals surface area contributed by atoms with Crippen LogP contribution in [-0.4, -0.2) is 35.1 Å². The molecule has 1 aromatic heterocycles. The third kappa shape index (κ3) is 5.83. The number of hydrogen-bond donors (Lipinski definition) is 1. The van der Waals surface area contributed by atoms with Gasteiger partial charge in [0.05, 0.1) is 12.3 Å². The first-order valence-corrected chi connectivity index (χ1v) is 10.8. The number of hydrogen-bond acceptors (Lipinski definition) is 6. The first-order valence-electron chi connectivity index (χ1n) is 10.8. The SMILES string of the molecule is CCOc1ccc(-c2ccc(NC(=O)COc3ccc(C(=O)c4ccccc4)cc3)cc2)nn1. The fourth-order valence-electron chi connectivity index (χ4n) is 3.23. The molecule has 4 rings (SSSR count). The molecule has 0 radical (unpaired) electrons. The maximum Gasteiger partial charge on any atom is 0.262 e. The van der Waals surface area contributed by atoms with E-state index in [2.05, 4.69) is 15.5 Å². The van der Waals surface area contributed by atoms with E-state index in [-0.39, 0.29) is 18.3 Å². The minimum absolute atomic E-state index is 0.0652. The van der Waals surface area contributed by atoms with Crippen LogP contribution in [0.25, 0.3) is 11.3 Å². The highest BCUT2D eigenvalue weighted by molar-refractivity contribution is 6.09. The van der Waals surface area contributed by atoms with Crippen molar-refractivity contribution in [3.05, 3.63) is 102 Å². The van der Waals surface area contributed by atoms with Gasteiger partial charge in [0.2, 0.25) is 5.88 Å². The van der Waals surface area contributed by atoms with Crippen molar-refractivity contribution in [2.75, 3.05) is 18.5 Å². The molecule has 0 saturated carbocycles. The summed E-state index contributed by atoms with van der Waals surface area (Å²) < 4.78 is 10.9. The maximum atomic E-state index is 12.5. The van der Waals surface area contributed by atoms with Gasteiger partial charge in [0.25, 0.3) is 5.91 Å². The molecule has 0 atom stereocenters. The summed E-state index contributed by atoms with van der Waals surface area (Å²) in [5, 5.41) is 11.0. The zero-order valence-electron chi connectivity index (χ0n) is 18.6. The number of anilines is 1. The van der Waals surface area contributed by atoms with Crippen LogP contribution in [0.3, 0.4) is 0 Å². The summed E-state index contributed by atoms with van der Waals surface area (Å²) in [4.78, 5) is 24.7. The van der Waals surface area contributed by atoms with Crippen LogP contribution < -0.4 is 14.8 Å². The Labute approximate surface area is 197 Å². The van der Waals surface area contributed by atoms with E-state index in [4.69, 9.17) is 9.47 Å². The summed E-state index contributed by atoms with van der Waals surface area (Å²) in [5.41, 5.74) is 3.39. The number of amides is 1. The zero-order valence-corrected chi connectivity index (χ0v) is 18.6. The van der Waals surface area contributed by atoms with Crippen LogP contribution in [0.2, 0.25) is 0 Å². The molecule has 0 bridgehead atoms. The molecule has 0 unspecified atom stereocenters. The Morgan fingerprint density at radius 1 is 0.765 bits per heavy atom. The largest absolute Gasteiger partial charge is 0.484 e. The summed E-state index contributed by atoms with van der Waals surface area (Å²) in [7, 11) is 0. The molecule has 1 heterocycles. The Morgan fingerprint density at radius 3 is 2.12 bits per heavy atom. The second-order valence-electron chi connectivity index (χ2n) is 7.32. The molecule has 0 aliphatic rings. The number of carbonyl (C=O) groups is 2. The molecule has 170 valence electrons. The van der Waals surface area contributed by atoms with Crippen molar-refractivity contribution < 1.29 is 19.1 Å². The third-order valence-corrected chi connectivity index (χ3v) is 4.92. The Balaban J connectivity index is 1.28. The van der Waals surface area contributed by atoms with Gasteiger partial charge in [-0.15, -0.1) is 10.2 Å². The fraction of sp³-hybridized carbons (Fsp3) is 0.111. The molecule has 0 aliphatic carbocycles. The van der Waals surface area contributed by atoms with Crippen LogP contribution in [-0.2, 0) is 4.79 Å². The van der Waals surface area contributed by atoms with Gasteiger partial charge in [-0.2, -0.15) is 0 Å². The van der Waals surface area contributed by atoms with Gasteiger partial charge in [0.1, 0.15) is 5.75 Å². The Morgan fingerprint density at radius 2 is 1.47 bits per heavy atom. The van der Waals surface area contributed by atoms with Crippen LogP contribution in [0.15, 0.2) is 91.0 Å². The lowest BCUT2D eigenvalue weighted by Gasteiger charge is -2.09. The zero-order chi connectivity index (χ0) is 23.8. The first-order chi connectivity index (χ1) is 16.6. The molecule has 0 spiro atoms. The molecule has 0 aliphatic heterocycles. The van der Waals surface area contributed by atoms with Crippen LogP contribution >= 0.6 is 0 Å². The number of carbonyl (C=O) groups excluding carboxylic acids is 2. The van der Waals surface area contributed by atoms with Crippen molar-refractivity contribution in [1.29, 1.82) is 0 Å². The lowest BCUT2D eigenvalue weighted by molar-refractivity contribution is -0.118. The second kappa shape index (κ2) is 10.9. The van der Waals surface area contributed by atoms with Crippen molar-refractivity contribution in [3.63, 3.8) is 0 Å². The molecule has 1 amide bonds. The smallest absolute Gasteiger partial charge is 0.262 e. The Bertz CT molecular complexity index is 1240. The highest BCUT2D eigenvalue weighted by atomic mass is 16.5. The summed E-state index contributed by atoms with van der Waals surface area (Å²) in [6.45, 7) is 2.27. The van der Waals surface area contributed by atoms with Crippen molar-refractivity contribution in [2.45, 2.75) is 6.92 Å². The summed E-state index contributed by atoms with van der Waals surface area (Å²) in [6.07, 6.45) is 0. The summed E-state index contributed by atoms with van der Waals surface area (Å²) >= 11 is 0. The molecule has 1 N–H and O–H groups in total. The standard InChI is InChI=1S/C27H23N3O4/c1-2-33-26-17-16-24(29-30-26)19-8-12-22(13-9-19)28-25(31)18-34-23-14-10-21(11-15-23)27(32)20-6-4-3-5-7-20/h3-17H,2,18H2,1H3,(H,28,31). The number of nitrogens with zero attached hydrogens (tertiary/aromatic N) is 2. The molecule has 0 fully saturated rings. The molecule has 7 nitrogen and oxygen atoms in total. The van der Waals surface area contributed by atoms with Gasteiger partial charge in [0.15, 0.2) is 12.4 Å². The van der Waals surface area contributed by atoms with E-state index in [0.29, 0.717) is 40.7 Å². The lowest BCUT2D eigenvalue weighted by Crippen LogP contribution is -2.20. The molecular weight excluding hydrogens is 430 g/mol. The van der Waals surface area contributed by atoms with E-state index in [9.17, 15) is 9.59 Å². The number of aromatic nitrogens is 2. The van der Waals surface area contributed by atoms with E-state index in [1.54, 1.807) is 54.6 Å². The Hall–Kier alpha value is -4.52. The molecule has 7 heteroatoms. The number of ketones is 1. The monoisotopic (exact) mass is 453 g/mol. The predicted molar refractivity (Wildman–Crippen MR) is 129 cm³/mol. The van der Waals surface area contributed by atoms with Crippen LogP contribution in [0, 0.1) is 0 Å². The van der Waals surface area contributed by atoms with Crippen molar-refractivity contribution in [2.24, 2.45) is 0 Å². The third-order valence-electron chi connectivity index (χ3n) is 4.92. The Kier molecular flexibility index (Phi) is 7.25. The number of ether oxygens (including phenoxy) is 2. The van der Waals surface area contributed by atoms with Gasteiger partial charge >= 0.3 is 0 Å². The van der Waals surface area contributed by atoms with E-state index in [0.717, 1.165) is 5.56 Å². The number of rotatable bonds is 9. The van der Waals surface area contributed by atoms with Crippen LogP contribution in [0.4, 0.5) is 5.69 Å². The highest BCUT2D eigenvalue weighted by Crippen LogP contribution is 2.20. The van der Waals surface area contributed by atoms with Gasteiger partial charge in [-0.1, -0.05) is 42.5 Å². The minimum atomic E-state index is -0.293. The predicted octanol–water partition coefficient (Wildman–Crippen LogP) is 4.79. The molecular formula is C27H23N3O4. The number of benzene rings is 3. The van der Waals surface area contributed by atoms with Crippen molar-refractivity contribution in [3.8, 4) is 22.9 Å². The van der Waals surface area contributed by atoms with Gasteiger partial charge in [-0.3, -0.25) is 9.59 Å². The quantitative estimate of drug-likeness (QED) is 0.367. The molecule has 0 saturated heterocycles. The number of nitrogens with one attached hydrogen (secondary N) is 1. The average molecular weight is 453 g/mol. The van der Waals surface area contributed by atoms with Crippen LogP contribution in [0.1, 0.15) is 22.8 Å². The van der Waals surface area contributed by atoms with Crippen molar-refractivity contribution >= 4 is 17.4 Å². The molecule has 34 heavy (non-hydrogen) atoms. The summed E-state index contributed by atoms with van der Waals surface area (Å²) in [5.74, 6) is 0.624. The molecule has 3 aromatic carbocycles. The van der Waals surface area contributed by atoms with E-state index >= 15 is 0 Å². The normalized spacial score (nSPS) is 10.4. The van der Waals surface area contributed by atoms with E-state index in [1.165, 1.54) is 0 Å². The lowest BCUT2D eigenvalue weighted by atomic mass is 10.0. The van der Waals surface area contributed by atoms with E-state index in [1.807, 2.05) is 43.3 Å². The van der Waals surface area contributed by atoms with Crippen LogP contribution in [0.5, 0.6) is 11.6 Å². The highest BCUT2D eigenvalue weighted by Gasteiger charge is 2.09. The van der Waals surface area contributed by atoms with Gasteiger partial charge in [-0.25, -0.2) is 0 Å². The van der Waals surface area contributed by atoms with Gasteiger partial charge in [0, 0.05) is 28.4 Å². The van der Waals surface area contributed by atoms with Gasteiger partial charge < -0.3 is 14.8 Å². The van der Waals surface area contributed by atoms with Crippen molar-refractivity contribution in [1.82, 2.24) is 10.2 Å². The first kappa shape index (κ1) is 22.7. The molecule has 4 aromatic rings. The van der Waals surface area contributed by atoms with E-state index < -0.39 is 0 Å². The van der Waals surface area contributed by atoms with Gasteiger partial charge in [-0.05, 0) is 49.4 Å². The average Bonchev–Trinajstić information content (AvgIpc) is 2.89. The topological polar surface area (TPSA) is 90.4 Å². The minimum Gasteiger partial charge on any atom is -0.484 e. The maximum absolute atomic E-state index is 12.5.